The standard InChI is InChI=1S/C11H23NO/c1-4-5-6-7-8-9-10-11(2)12-13-3/h4-10H2,1-3H3/b12-11+. The molecule has 0 aliphatic carbocycles. The highest BCUT2D eigenvalue weighted by Crippen LogP contribution is 2.07. The maximum absolute atomic E-state index is 4.69. The van der Waals surface area contributed by atoms with Gasteiger partial charge in [-0.2, -0.15) is 0 Å². The van der Waals surface area contributed by atoms with Crippen molar-refractivity contribution in [3.05, 3.63) is 0 Å². The van der Waals surface area contributed by atoms with Crippen molar-refractivity contribution in [1.82, 2.24) is 0 Å². The molecule has 0 radical (unpaired) electrons. The summed E-state index contributed by atoms with van der Waals surface area (Å²) in [6, 6.07) is 0. The summed E-state index contributed by atoms with van der Waals surface area (Å²) in [6.07, 6.45) is 9.12. The fourth-order valence-electron chi connectivity index (χ4n) is 1.36. The second-order valence-electron chi connectivity index (χ2n) is 3.53. The van der Waals surface area contributed by atoms with Gasteiger partial charge >= 0.3 is 0 Å². The zero-order chi connectivity index (χ0) is 9.94. The number of nitrogens with zero attached hydrogens (tertiary/aromatic N) is 1. The predicted molar refractivity (Wildman–Crippen MR) is 58.1 cm³/mol. The lowest BCUT2D eigenvalue weighted by Gasteiger charge is -2.00. The molecule has 0 fully saturated rings. The monoisotopic (exact) mass is 185 g/mol. The van der Waals surface area contributed by atoms with Gasteiger partial charge < -0.3 is 4.84 Å². The topological polar surface area (TPSA) is 21.6 Å². The summed E-state index contributed by atoms with van der Waals surface area (Å²) in [7, 11) is 1.60. The van der Waals surface area contributed by atoms with Crippen molar-refractivity contribution < 1.29 is 4.84 Å². The van der Waals surface area contributed by atoms with Crippen LogP contribution in [-0.2, 0) is 4.84 Å². The van der Waals surface area contributed by atoms with Crippen LogP contribution in [0.4, 0.5) is 0 Å². The van der Waals surface area contributed by atoms with Gasteiger partial charge in [-0.05, 0) is 19.8 Å². The van der Waals surface area contributed by atoms with Gasteiger partial charge in [0, 0.05) is 0 Å². The van der Waals surface area contributed by atoms with Crippen LogP contribution in [0.5, 0.6) is 0 Å². The van der Waals surface area contributed by atoms with E-state index in [1.807, 2.05) is 6.92 Å². The van der Waals surface area contributed by atoms with Crippen molar-refractivity contribution in [3.63, 3.8) is 0 Å². The maximum Gasteiger partial charge on any atom is 0.106 e. The summed E-state index contributed by atoms with van der Waals surface area (Å²) >= 11 is 0. The highest BCUT2D eigenvalue weighted by atomic mass is 16.6. The smallest absolute Gasteiger partial charge is 0.106 e. The van der Waals surface area contributed by atoms with Crippen LogP contribution in [0.3, 0.4) is 0 Å². The van der Waals surface area contributed by atoms with E-state index in [-0.39, 0.29) is 0 Å². The van der Waals surface area contributed by atoms with Crippen molar-refractivity contribution in [2.75, 3.05) is 7.11 Å². The quantitative estimate of drug-likeness (QED) is 0.320. The van der Waals surface area contributed by atoms with Crippen LogP contribution >= 0.6 is 0 Å². The Balaban J connectivity index is 3.11. The molecule has 78 valence electrons. The van der Waals surface area contributed by atoms with Crippen molar-refractivity contribution in [2.24, 2.45) is 5.16 Å². The number of rotatable bonds is 8. The lowest BCUT2D eigenvalue weighted by atomic mass is 10.1. The Morgan fingerprint density at radius 1 is 1.08 bits per heavy atom. The molecule has 0 heterocycles. The van der Waals surface area contributed by atoms with Gasteiger partial charge in [0.25, 0.3) is 0 Å². The molecule has 2 heteroatoms. The third-order valence-corrected chi connectivity index (χ3v) is 2.14. The molecule has 0 saturated heterocycles. The van der Waals surface area contributed by atoms with E-state index < -0.39 is 0 Å². The van der Waals surface area contributed by atoms with Gasteiger partial charge in [-0.3, -0.25) is 0 Å². The predicted octanol–water partition coefficient (Wildman–Crippen LogP) is 3.76. The van der Waals surface area contributed by atoms with Gasteiger partial charge in [0.15, 0.2) is 0 Å². The van der Waals surface area contributed by atoms with Gasteiger partial charge in [0.05, 0.1) is 5.71 Å². The lowest BCUT2D eigenvalue weighted by Crippen LogP contribution is -1.92. The van der Waals surface area contributed by atoms with Crippen LogP contribution < -0.4 is 0 Å². The van der Waals surface area contributed by atoms with E-state index in [4.69, 9.17) is 0 Å². The molecule has 0 bridgehead atoms. The fourth-order valence-corrected chi connectivity index (χ4v) is 1.36. The molecule has 0 rings (SSSR count). The first-order valence-corrected chi connectivity index (χ1v) is 5.38. The van der Waals surface area contributed by atoms with Crippen molar-refractivity contribution in [1.29, 1.82) is 0 Å². The van der Waals surface area contributed by atoms with Gasteiger partial charge in [0.2, 0.25) is 0 Å². The van der Waals surface area contributed by atoms with E-state index in [2.05, 4.69) is 16.9 Å². The Morgan fingerprint density at radius 2 is 1.69 bits per heavy atom. The van der Waals surface area contributed by atoms with Crippen LogP contribution in [-0.4, -0.2) is 12.8 Å². The van der Waals surface area contributed by atoms with Gasteiger partial charge in [0.1, 0.15) is 7.11 Å². The number of unbranched alkanes of at least 4 members (excludes halogenated alkanes) is 5. The SMILES string of the molecule is CCCCCCCC/C(C)=N/OC. The molecule has 0 aromatic heterocycles. The molecule has 0 aliphatic heterocycles. The average molecular weight is 185 g/mol. The van der Waals surface area contributed by atoms with Crippen LogP contribution in [0.15, 0.2) is 5.16 Å². The summed E-state index contributed by atoms with van der Waals surface area (Å²) in [4.78, 5) is 4.69. The first-order chi connectivity index (χ1) is 6.31. The number of hydrogen-bond acceptors (Lipinski definition) is 2. The molecule has 0 N–H and O–H groups in total. The molecule has 0 unspecified atom stereocenters. The zero-order valence-corrected chi connectivity index (χ0v) is 9.31. The van der Waals surface area contributed by atoms with Crippen molar-refractivity contribution in [2.45, 2.75) is 58.8 Å². The molecule has 13 heavy (non-hydrogen) atoms. The molecular formula is C11H23NO. The summed E-state index contributed by atoms with van der Waals surface area (Å²) < 4.78 is 0. The first-order valence-electron chi connectivity index (χ1n) is 5.38. The average Bonchev–Trinajstić information content (AvgIpc) is 2.11. The molecule has 0 aromatic rings. The summed E-state index contributed by atoms with van der Waals surface area (Å²) in [5, 5.41) is 3.88. The molecule has 0 aliphatic rings. The first kappa shape index (κ1) is 12.5. The second-order valence-corrected chi connectivity index (χ2v) is 3.53. The minimum absolute atomic E-state index is 1.08. The van der Waals surface area contributed by atoms with Crippen LogP contribution in [0.1, 0.15) is 58.8 Å². The van der Waals surface area contributed by atoms with Gasteiger partial charge in [-0.15, -0.1) is 0 Å². The van der Waals surface area contributed by atoms with E-state index in [9.17, 15) is 0 Å². The fraction of sp³-hybridized carbons (Fsp3) is 0.909. The molecule has 0 amide bonds. The Labute approximate surface area is 82.4 Å². The summed E-state index contributed by atoms with van der Waals surface area (Å²) in [5.74, 6) is 0. The molecule has 0 spiro atoms. The minimum Gasteiger partial charge on any atom is -0.399 e. The molecule has 2 nitrogen and oxygen atoms in total. The van der Waals surface area contributed by atoms with Gasteiger partial charge in [-0.1, -0.05) is 44.2 Å². The molecular weight excluding hydrogens is 162 g/mol. The van der Waals surface area contributed by atoms with E-state index in [0.717, 1.165) is 12.1 Å². The number of hydrogen-bond donors (Lipinski definition) is 0. The highest BCUT2D eigenvalue weighted by Gasteiger charge is 1.93. The Kier molecular flexibility index (Phi) is 9.17. The number of oxime groups is 1. The van der Waals surface area contributed by atoms with E-state index in [1.165, 1.54) is 38.5 Å². The third kappa shape index (κ3) is 9.38. The Hall–Kier alpha value is -0.530. The second kappa shape index (κ2) is 9.56. The van der Waals surface area contributed by atoms with E-state index >= 15 is 0 Å². The zero-order valence-electron chi connectivity index (χ0n) is 9.31. The molecule has 0 atom stereocenters. The van der Waals surface area contributed by atoms with E-state index in [1.54, 1.807) is 7.11 Å². The normalized spacial score (nSPS) is 11.8. The highest BCUT2D eigenvalue weighted by molar-refractivity contribution is 5.81. The Bertz CT molecular complexity index is 132. The van der Waals surface area contributed by atoms with E-state index in [0.29, 0.717) is 0 Å². The maximum atomic E-state index is 4.69. The lowest BCUT2D eigenvalue weighted by molar-refractivity contribution is 0.212. The summed E-state index contributed by atoms with van der Waals surface area (Å²) in [6.45, 7) is 4.27. The Morgan fingerprint density at radius 3 is 2.31 bits per heavy atom. The molecule has 0 aromatic carbocycles. The largest absolute Gasteiger partial charge is 0.399 e. The van der Waals surface area contributed by atoms with Crippen molar-refractivity contribution >= 4 is 5.71 Å². The third-order valence-electron chi connectivity index (χ3n) is 2.14. The van der Waals surface area contributed by atoms with Crippen LogP contribution in [0, 0.1) is 0 Å². The van der Waals surface area contributed by atoms with Gasteiger partial charge in [-0.25, -0.2) is 0 Å². The molecule has 0 saturated carbocycles. The van der Waals surface area contributed by atoms with Crippen LogP contribution in [0.25, 0.3) is 0 Å². The van der Waals surface area contributed by atoms with Crippen molar-refractivity contribution in [3.8, 4) is 0 Å². The minimum atomic E-state index is 1.08. The summed E-state index contributed by atoms with van der Waals surface area (Å²) in [5.41, 5.74) is 1.11. The van der Waals surface area contributed by atoms with Crippen LogP contribution in [0.2, 0.25) is 0 Å².